The highest BCUT2D eigenvalue weighted by molar-refractivity contribution is 6.63. The van der Waals surface area contributed by atoms with Gasteiger partial charge in [0.2, 0.25) is 5.24 Å². The molecule has 0 amide bonds. The first-order valence-corrected chi connectivity index (χ1v) is 5.82. The van der Waals surface area contributed by atoms with Crippen molar-refractivity contribution < 1.29 is 4.79 Å². The molecule has 1 nitrogen and oxygen atoms in total. The second-order valence-electron chi connectivity index (χ2n) is 4.24. The SMILES string of the molecule is O=C(Cl)Cc1c2c(cc3c1CC=C3)CC=C2. The molecular formula is C14H11ClO. The lowest BCUT2D eigenvalue weighted by molar-refractivity contribution is -0.111. The van der Waals surface area contributed by atoms with Crippen LogP contribution in [0, 0.1) is 0 Å². The van der Waals surface area contributed by atoms with Gasteiger partial charge in [-0.1, -0.05) is 30.4 Å². The van der Waals surface area contributed by atoms with Crippen molar-refractivity contribution in [3.05, 3.63) is 46.0 Å². The number of rotatable bonds is 2. The lowest BCUT2D eigenvalue weighted by Gasteiger charge is -2.12. The van der Waals surface area contributed by atoms with Crippen molar-refractivity contribution in [3.63, 3.8) is 0 Å². The Hall–Kier alpha value is -1.34. The highest BCUT2D eigenvalue weighted by Crippen LogP contribution is 2.33. The van der Waals surface area contributed by atoms with E-state index in [9.17, 15) is 4.79 Å². The van der Waals surface area contributed by atoms with Crippen molar-refractivity contribution in [2.24, 2.45) is 0 Å². The lowest BCUT2D eigenvalue weighted by Crippen LogP contribution is -2.03. The van der Waals surface area contributed by atoms with Crippen molar-refractivity contribution in [1.82, 2.24) is 0 Å². The summed E-state index contributed by atoms with van der Waals surface area (Å²) in [6.07, 6.45) is 10.8. The highest BCUT2D eigenvalue weighted by atomic mass is 35.5. The molecule has 0 aromatic heterocycles. The van der Waals surface area contributed by atoms with E-state index < -0.39 is 0 Å². The Bertz CT molecular complexity index is 538. The fraction of sp³-hybridized carbons (Fsp3) is 0.214. The van der Waals surface area contributed by atoms with Gasteiger partial charge in [-0.2, -0.15) is 0 Å². The summed E-state index contributed by atoms with van der Waals surface area (Å²) in [5.41, 5.74) is 6.20. The van der Waals surface area contributed by atoms with Gasteiger partial charge in [0, 0.05) is 6.42 Å². The molecule has 0 unspecified atom stereocenters. The van der Waals surface area contributed by atoms with E-state index in [0.717, 1.165) is 18.4 Å². The molecule has 0 bridgehead atoms. The van der Waals surface area contributed by atoms with Crippen LogP contribution in [0.25, 0.3) is 12.2 Å². The first-order chi connectivity index (χ1) is 7.75. The molecular weight excluding hydrogens is 220 g/mol. The zero-order chi connectivity index (χ0) is 11.1. The normalized spacial score (nSPS) is 15.3. The van der Waals surface area contributed by atoms with Gasteiger partial charge in [0.05, 0.1) is 0 Å². The van der Waals surface area contributed by atoms with Crippen LogP contribution in [-0.2, 0) is 24.1 Å². The van der Waals surface area contributed by atoms with Crippen LogP contribution in [0.4, 0.5) is 0 Å². The van der Waals surface area contributed by atoms with E-state index >= 15 is 0 Å². The number of fused-ring (bicyclic) bond motifs is 2. The molecule has 2 aliphatic rings. The van der Waals surface area contributed by atoms with Gasteiger partial charge in [-0.25, -0.2) is 0 Å². The van der Waals surface area contributed by atoms with Crippen molar-refractivity contribution in [1.29, 1.82) is 0 Å². The van der Waals surface area contributed by atoms with Crippen LogP contribution in [0.15, 0.2) is 18.2 Å². The first-order valence-electron chi connectivity index (χ1n) is 5.45. The van der Waals surface area contributed by atoms with E-state index in [1.165, 1.54) is 22.3 Å². The maximum absolute atomic E-state index is 11.1. The molecule has 1 aromatic carbocycles. The molecule has 2 heteroatoms. The van der Waals surface area contributed by atoms with Gasteiger partial charge >= 0.3 is 0 Å². The Morgan fingerprint density at radius 1 is 1.25 bits per heavy atom. The van der Waals surface area contributed by atoms with Gasteiger partial charge in [-0.3, -0.25) is 4.79 Å². The van der Waals surface area contributed by atoms with Crippen LogP contribution in [0.5, 0.6) is 0 Å². The smallest absolute Gasteiger partial charge is 0.226 e. The number of allylic oxidation sites excluding steroid dienone is 2. The summed E-state index contributed by atoms with van der Waals surface area (Å²) in [6.45, 7) is 0. The molecule has 2 aliphatic carbocycles. The molecule has 0 atom stereocenters. The molecule has 0 fully saturated rings. The van der Waals surface area contributed by atoms with Crippen LogP contribution < -0.4 is 0 Å². The van der Waals surface area contributed by atoms with E-state index in [0.29, 0.717) is 6.42 Å². The average Bonchev–Trinajstić information content (AvgIpc) is 2.83. The predicted octanol–water partition coefficient (Wildman–Crippen LogP) is 3.13. The van der Waals surface area contributed by atoms with Crippen molar-refractivity contribution in [2.75, 3.05) is 0 Å². The number of benzene rings is 1. The van der Waals surface area contributed by atoms with Crippen LogP contribution >= 0.6 is 11.6 Å². The molecule has 0 aliphatic heterocycles. The highest BCUT2D eigenvalue weighted by Gasteiger charge is 2.20. The van der Waals surface area contributed by atoms with Crippen molar-refractivity contribution in [3.8, 4) is 0 Å². The molecule has 0 saturated carbocycles. The van der Waals surface area contributed by atoms with Crippen LogP contribution in [0.1, 0.15) is 27.8 Å². The summed E-state index contributed by atoms with van der Waals surface area (Å²) in [5.74, 6) is 0. The van der Waals surface area contributed by atoms with Crippen molar-refractivity contribution in [2.45, 2.75) is 19.3 Å². The Morgan fingerprint density at radius 2 is 2.06 bits per heavy atom. The van der Waals surface area contributed by atoms with Gasteiger partial charge in [0.1, 0.15) is 0 Å². The van der Waals surface area contributed by atoms with E-state index in [1.54, 1.807) is 0 Å². The number of halogens is 1. The second-order valence-corrected chi connectivity index (χ2v) is 4.66. The van der Waals surface area contributed by atoms with Gasteiger partial charge in [-0.05, 0) is 52.3 Å². The van der Waals surface area contributed by atoms with E-state index in [2.05, 4.69) is 30.4 Å². The summed E-state index contributed by atoms with van der Waals surface area (Å²) in [4.78, 5) is 11.1. The lowest BCUT2D eigenvalue weighted by atomic mass is 9.92. The Morgan fingerprint density at radius 3 is 2.88 bits per heavy atom. The quantitative estimate of drug-likeness (QED) is 0.714. The molecule has 0 spiro atoms. The van der Waals surface area contributed by atoms with Crippen LogP contribution in [-0.4, -0.2) is 5.24 Å². The van der Waals surface area contributed by atoms with E-state index in [-0.39, 0.29) is 5.24 Å². The molecule has 1 aromatic rings. The minimum absolute atomic E-state index is 0.275. The maximum Gasteiger partial charge on any atom is 0.226 e. The Labute approximate surface area is 99.4 Å². The summed E-state index contributed by atoms with van der Waals surface area (Å²) in [6, 6.07) is 2.23. The number of hydrogen-bond acceptors (Lipinski definition) is 1. The molecule has 3 rings (SSSR count). The predicted molar refractivity (Wildman–Crippen MR) is 66.5 cm³/mol. The fourth-order valence-electron chi connectivity index (χ4n) is 2.60. The van der Waals surface area contributed by atoms with Gasteiger partial charge in [0.15, 0.2) is 0 Å². The Kier molecular flexibility index (Phi) is 2.22. The van der Waals surface area contributed by atoms with Crippen LogP contribution in [0.2, 0.25) is 0 Å². The monoisotopic (exact) mass is 230 g/mol. The summed E-state index contributed by atoms with van der Waals surface area (Å²) >= 11 is 5.53. The second kappa shape index (κ2) is 3.60. The minimum atomic E-state index is -0.275. The molecule has 0 heterocycles. The topological polar surface area (TPSA) is 17.1 Å². The van der Waals surface area contributed by atoms with Crippen LogP contribution in [0.3, 0.4) is 0 Å². The standard InChI is InChI=1S/C14H11ClO/c15-14(16)8-13-11-5-1-3-9(11)7-10-4-2-6-12(10)13/h1-3,6-7H,4-5,8H2. The maximum atomic E-state index is 11.1. The zero-order valence-electron chi connectivity index (χ0n) is 8.79. The number of hydrogen-bond donors (Lipinski definition) is 0. The summed E-state index contributed by atoms with van der Waals surface area (Å²) < 4.78 is 0. The average molecular weight is 231 g/mol. The van der Waals surface area contributed by atoms with Gasteiger partial charge in [-0.15, -0.1) is 0 Å². The zero-order valence-corrected chi connectivity index (χ0v) is 9.55. The molecule has 0 N–H and O–H groups in total. The van der Waals surface area contributed by atoms with Gasteiger partial charge in [0.25, 0.3) is 0 Å². The third kappa shape index (κ3) is 1.43. The minimum Gasteiger partial charge on any atom is -0.281 e. The third-order valence-electron chi connectivity index (χ3n) is 3.27. The van der Waals surface area contributed by atoms with Gasteiger partial charge < -0.3 is 0 Å². The molecule has 0 radical (unpaired) electrons. The third-order valence-corrected chi connectivity index (χ3v) is 3.40. The Balaban J connectivity index is 2.20. The first kappa shape index (κ1) is 9.86. The molecule has 16 heavy (non-hydrogen) atoms. The molecule has 80 valence electrons. The number of carbonyl (C=O) groups excluding carboxylic acids is 1. The van der Waals surface area contributed by atoms with Crippen molar-refractivity contribution >= 4 is 29.0 Å². The number of carbonyl (C=O) groups is 1. The summed E-state index contributed by atoms with van der Waals surface area (Å²) in [7, 11) is 0. The summed E-state index contributed by atoms with van der Waals surface area (Å²) in [5, 5.41) is -0.275. The van der Waals surface area contributed by atoms with E-state index in [1.807, 2.05) is 0 Å². The van der Waals surface area contributed by atoms with E-state index in [4.69, 9.17) is 11.6 Å². The largest absolute Gasteiger partial charge is 0.281 e. The fourth-order valence-corrected chi connectivity index (χ4v) is 2.73. The molecule has 0 saturated heterocycles.